The summed E-state index contributed by atoms with van der Waals surface area (Å²) < 4.78 is 0. The van der Waals surface area contributed by atoms with Crippen LogP contribution in [-0.2, 0) is 0 Å². The van der Waals surface area contributed by atoms with Crippen LogP contribution in [0.25, 0.3) is 33.4 Å². The van der Waals surface area contributed by atoms with Crippen LogP contribution in [0.3, 0.4) is 0 Å². The van der Waals surface area contributed by atoms with Gasteiger partial charge in [0, 0.05) is 16.9 Å². The van der Waals surface area contributed by atoms with Crippen LogP contribution >= 0.6 is 0 Å². The zero-order chi connectivity index (χ0) is 22.7. The number of fused-ring (bicyclic) bond motifs is 1. The summed E-state index contributed by atoms with van der Waals surface area (Å²) in [4.78, 5) is 9.00. The number of rotatable bonds is 5. The molecule has 0 fully saturated rings. The van der Waals surface area contributed by atoms with E-state index in [0.717, 1.165) is 33.2 Å². The van der Waals surface area contributed by atoms with Crippen molar-refractivity contribution in [2.75, 3.05) is 12.0 Å². The monoisotopic (exact) mass is 437 g/mol. The molecule has 1 aliphatic rings. The van der Waals surface area contributed by atoms with Gasteiger partial charge in [-0.3, -0.25) is 9.98 Å². The third kappa shape index (κ3) is 4.00. The lowest BCUT2D eigenvalue weighted by Gasteiger charge is -2.11. The molecule has 34 heavy (non-hydrogen) atoms. The molecule has 1 heterocycles. The molecule has 0 bridgehead atoms. The molecule has 1 aliphatic heterocycles. The summed E-state index contributed by atoms with van der Waals surface area (Å²) in [6, 6.07) is 42.4. The van der Waals surface area contributed by atoms with Crippen molar-refractivity contribution in [3.8, 4) is 33.4 Å². The predicted molar refractivity (Wildman–Crippen MR) is 140 cm³/mol. The third-order valence-corrected chi connectivity index (χ3v) is 6.13. The minimum Gasteiger partial charge on any atom is -0.355 e. The highest BCUT2D eigenvalue weighted by Gasteiger charge is 2.07. The molecule has 6 rings (SSSR count). The highest BCUT2D eigenvalue weighted by Crippen LogP contribution is 2.28. The summed E-state index contributed by atoms with van der Waals surface area (Å²) in [5.41, 5.74) is 9.20. The Morgan fingerprint density at radius 1 is 0.471 bits per heavy atom. The Balaban J connectivity index is 1.26. The van der Waals surface area contributed by atoms with Gasteiger partial charge in [-0.2, -0.15) is 0 Å². The number of hydrogen-bond donors (Lipinski definition) is 1. The van der Waals surface area contributed by atoms with Gasteiger partial charge in [0.15, 0.2) is 0 Å². The number of hydrogen-bond acceptors (Lipinski definition) is 3. The molecule has 0 unspecified atom stereocenters. The van der Waals surface area contributed by atoms with E-state index < -0.39 is 0 Å². The fraction of sp³-hybridized carbons (Fsp3) is 0.0323. The maximum atomic E-state index is 4.56. The predicted octanol–water partition coefficient (Wildman–Crippen LogP) is 6.64. The molecule has 0 radical (unpaired) electrons. The van der Waals surface area contributed by atoms with Gasteiger partial charge in [-0.25, -0.2) is 0 Å². The Kier molecular flexibility index (Phi) is 5.21. The summed E-state index contributed by atoms with van der Waals surface area (Å²) in [7, 11) is 0. The van der Waals surface area contributed by atoms with Gasteiger partial charge < -0.3 is 5.32 Å². The van der Waals surface area contributed by atoms with E-state index >= 15 is 0 Å². The number of anilines is 2. The standard InChI is InChI=1S/C31H23N3/c1-2-7-22(8-3-1)25-9-4-11-27(19-25)34-28-12-5-10-26(20-28)23-15-17-24(18-16-23)29-13-6-14-30-31(29)33-21-32-30/h1-20,34H,21H2. The summed E-state index contributed by atoms with van der Waals surface area (Å²) in [5, 5.41) is 5.55. The highest BCUT2D eigenvalue weighted by molar-refractivity contribution is 5.75. The van der Waals surface area contributed by atoms with Crippen molar-refractivity contribution in [3.63, 3.8) is 0 Å². The molecule has 3 nitrogen and oxygen atoms in total. The molecule has 0 saturated carbocycles. The Morgan fingerprint density at radius 3 is 1.76 bits per heavy atom. The largest absolute Gasteiger partial charge is 0.355 e. The molecule has 0 atom stereocenters. The van der Waals surface area contributed by atoms with E-state index in [4.69, 9.17) is 0 Å². The Hall–Kier alpha value is -4.50. The van der Waals surface area contributed by atoms with E-state index in [1.54, 1.807) is 0 Å². The van der Waals surface area contributed by atoms with Crippen molar-refractivity contribution in [3.05, 3.63) is 132 Å². The van der Waals surface area contributed by atoms with Crippen molar-refractivity contribution < 1.29 is 0 Å². The summed E-state index contributed by atoms with van der Waals surface area (Å²) in [6.07, 6.45) is 0. The van der Waals surface area contributed by atoms with Gasteiger partial charge in [0.2, 0.25) is 0 Å². The second-order valence-electron chi connectivity index (χ2n) is 8.36. The van der Waals surface area contributed by atoms with Gasteiger partial charge in [0.05, 0.1) is 10.7 Å². The summed E-state index contributed by atoms with van der Waals surface area (Å²) in [5.74, 6) is 0. The van der Waals surface area contributed by atoms with Crippen LogP contribution in [0.15, 0.2) is 131 Å². The number of nitrogens with zero attached hydrogens (tertiary/aromatic N) is 2. The zero-order valence-electron chi connectivity index (χ0n) is 18.6. The number of benzene rings is 5. The lowest BCUT2D eigenvalue weighted by Crippen LogP contribution is -2.23. The van der Waals surface area contributed by atoms with Gasteiger partial charge in [-0.15, -0.1) is 0 Å². The molecule has 0 saturated heterocycles. The van der Waals surface area contributed by atoms with Crippen LogP contribution in [0.5, 0.6) is 0 Å². The van der Waals surface area contributed by atoms with Crippen LogP contribution < -0.4 is 16.0 Å². The van der Waals surface area contributed by atoms with E-state index in [2.05, 4.69) is 118 Å². The molecule has 1 N–H and O–H groups in total. The first-order chi connectivity index (χ1) is 16.8. The maximum Gasteiger partial charge on any atom is 0.130 e. The summed E-state index contributed by atoms with van der Waals surface area (Å²) >= 11 is 0. The molecule has 0 aromatic heterocycles. The quantitative estimate of drug-likeness (QED) is 0.329. The average Bonchev–Trinajstić information content (AvgIpc) is 3.39. The van der Waals surface area contributed by atoms with Crippen LogP contribution in [0.4, 0.5) is 11.4 Å². The number of para-hydroxylation sites is 1. The molecule has 3 heteroatoms. The van der Waals surface area contributed by atoms with E-state index in [1.165, 1.54) is 22.3 Å². The lowest BCUT2D eigenvalue weighted by atomic mass is 9.99. The highest BCUT2D eigenvalue weighted by atomic mass is 15.0. The molecule has 162 valence electrons. The van der Waals surface area contributed by atoms with Crippen molar-refractivity contribution >= 4 is 11.4 Å². The Morgan fingerprint density at radius 2 is 1.06 bits per heavy atom. The van der Waals surface area contributed by atoms with Gasteiger partial charge in [-0.05, 0) is 58.1 Å². The Labute approximate surface area is 198 Å². The SMILES string of the molecule is c1ccc(-c2cccc(Nc3cccc(-c4ccc(-c5cccc6c5=NCN=6)cc4)c3)c2)cc1. The van der Waals surface area contributed by atoms with E-state index in [0.29, 0.717) is 6.67 Å². The second kappa shape index (κ2) is 8.80. The summed E-state index contributed by atoms with van der Waals surface area (Å²) in [6.45, 7) is 0.526. The average molecular weight is 438 g/mol. The first-order valence-electron chi connectivity index (χ1n) is 11.4. The fourth-order valence-corrected chi connectivity index (χ4v) is 4.43. The topological polar surface area (TPSA) is 36.8 Å². The van der Waals surface area contributed by atoms with Gasteiger partial charge in [0.25, 0.3) is 0 Å². The van der Waals surface area contributed by atoms with Crippen LogP contribution in [0, 0.1) is 0 Å². The molecule has 0 amide bonds. The first kappa shape index (κ1) is 20.1. The molecule has 0 aliphatic carbocycles. The Bertz CT molecular complexity index is 1590. The van der Waals surface area contributed by atoms with Crippen LogP contribution in [-0.4, -0.2) is 6.67 Å². The molecule has 5 aromatic rings. The minimum atomic E-state index is 0.526. The maximum absolute atomic E-state index is 4.56. The van der Waals surface area contributed by atoms with Gasteiger partial charge in [0.1, 0.15) is 6.67 Å². The third-order valence-electron chi connectivity index (χ3n) is 6.13. The molecule has 0 spiro atoms. The van der Waals surface area contributed by atoms with E-state index in [-0.39, 0.29) is 0 Å². The van der Waals surface area contributed by atoms with E-state index in [9.17, 15) is 0 Å². The number of nitrogens with one attached hydrogen (secondary N) is 1. The van der Waals surface area contributed by atoms with Gasteiger partial charge in [-0.1, -0.05) is 91.0 Å². The van der Waals surface area contributed by atoms with Crippen molar-refractivity contribution in [2.45, 2.75) is 0 Å². The molecule has 5 aromatic carbocycles. The smallest absolute Gasteiger partial charge is 0.130 e. The van der Waals surface area contributed by atoms with Crippen LogP contribution in [0.2, 0.25) is 0 Å². The zero-order valence-corrected chi connectivity index (χ0v) is 18.6. The lowest BCUT2D eigenvalue weighted by molar-refractivity contribution is 1.06. The van der Waals surface area contributed by atoms with Crippen molar-refractivity contribution in [2.24, 2.45) is 9.98 Å². The normalized spacial score (nSPS) is 11.9. The van der Waals surface area contributed by atoms with Crippen molar-refractivity contribution in [1.82, 2.24) is 0 Å². The molecular weight excluding hydrogens is 414 g/mol. The van der Waals surface area contributed by atoms with Crippen molar-refractivity contribution in [1.29, 1.82) is 0 Å². The first-order valence-corrected chi connectivity index (χ1v) is 11.4. The fourth-order valence-electron chi connectivity index (χ4n) is 4.43. The second-order valence-corrected chi connectivity index (χ2v) is 8.36. The minimum absolute atomic E-state index is 0.526. The van der Waals surface area contributed by atoms with E-state index in [1.807, 2.05) is 18.2 Å². The molecular formula is C31H23N3. The van der Waals surface area contributed by atoms with Crippen LogP contribution in [0.1, 0.15) is 0 Å². The van der Waals surface area contributed by atoms with Gasteiger partial charge >= 0.3 is 0 Å².